The smallest absolute Gasteiger partial charge is 0.244 e. The third-order valence-corrected chi connectivity index (χ3v) is 7.28. The van der Waals surface area contributed by atoms with E-state index in [1.807, 2.05) is 16.7 Å². The third kappa shape index (κ3) is 3.55. The maximum atomic E-state index is 13.4. The van der Waals surface area contributed by atoms with Crippen LogP contribution in [0.5, 0.6) is 0 Å². The first-order valence-corrected chi connectivity index (χ1v) is 10.8. The third-order valence-electron chi connectivity index (χ3n) is 4.97. The van der Waals surface area contributed by atoms with Crippen molar-refractivity contribution in [1.82, 2.24) is 24.1 Å². The Bertz CT molecular complexity index is 1080. The van der Waals surface area contributed by atoms with Crippen molar-refractivity contribution in [1.29, 1.82) is 0 Å². The van der Waals surface area contributed by atoms with E-state index in [4.69, 9.17) is 11.6 Å². The van der Waals surface area contributed by atoms with Gasteiger partial charge in [0, 0.05) is 24.0 Å². The van der Waals surface area contributed by atoms with Crippen LogP contribution in [-0.2, 0) is 16.6 Å². The summed E-state index contributed by atoms with van der Waals surface area (Å²) in [5.74, 6) is 0.657. The summed E-state index contributed by atoms with van der Waals surface area (Å²) in [6, 6.07) is 8.35. The molecule has 7 nitrogen and oxygen atoms in total. The Kier molecular flexibility index (Phi) is 5.18. The van der Waals surface area contributed by atoms with Gasteiger partial charge in [0.15, 0.2) is 5.82 Å². The van der Waals surface area contributed by atoms with E-state index >= 15 is 0 Å². The lowest BCUT2D eigenvalue weighted by Crippen LogP contribution is -2.32. The number of benzene rings is 1. The van der Waals surface area contributed by atoms with Crippen LogP contribution in [0.15, 0.2) is 53.9 Å². The lowest BCUT2D eigenvalue weighted by Gasteiger charge is -2.24. The Balaban J connectivity index is 1.67. The molecule has 9 heteroatoms. The zero-order valence-electron chi connectivity index (χ0n) is 15.4. The molecule has 1 saturated heterocycles. The number of aryl methyl sites for hydroxylation is 1. The molecule has 1 fully saturated rings. The predicted molar refractivity (Wildman–Crippen MR) is 105 cm³/mol. The quantitative estimate of drug-likeness (QED) is 0.636. The fraction of sp³-hybridized carbons (Fsp3) is 0.316. The van der Waals surface area contributed by atoms with Crippen LogP contribution in [0.1, 0.15) is 35.8 Å². The molecule has 3 aromatic rings. The summed E-state index contributed by atoms with van der Waals surface area (Å²) in [6.45, 7) is 2.78. The Hall–Kier alpha value is -2.29. The van der Waals surface area contributed by atoms with Gasteiger partial charge in [0.05, 0.1) is 17.5 Å². The maximum Gasteiger partial charge on any atom is 0.244 e. The Morgan fingerprint density at radius 3 is 2.75 bits per heavy atom. The Labute approximate surface area is 169 Å². The summed E-state index contributed by atoms with van der Waals surface area (Å²) in [7, 11) is -3.67. The van der Waals surface area contributed by atoms with Crippen molar-refractivity contribution in [3.05, 3.63) is 71.0 Å². The van der Waals surface area contributed by atoms with Gasteiger partial charge in [-0.05, 0) is 61.2 Å². The van der Waals surface area contributed by atoms with E-state index in [1.54, 1.807) is 43.8 Å². The molecule has 146 valence electrons. The molecule has 28 heavy (non-hydrogen) atoms. The molecule has 0 aliphatic carbocycles. The summed E-state index contributed by atoms with van der Waals surface area (Å²) in [4.78, 5) is 4.31. The number of halogens is 1. The van der Waals surface area contributed by atoms with Crippen LogP contribution in [0.3, 0.4) is 0 Å². The number of rotatable bonds is 5. The second kappa shape index (κ2) is 7.62. The van der Waals surface area contributed by atoms with E-state index in [9.17, 15) is 8.42 Å². The molecule has 1 aromatic carbocycles. The van der Waals surface area contributed by atoms with Crippen molar-refractivity contribution >= 4 is 21.6 Å². The first-order chi connectivity index (χ1) is 13.5. The number of aromatic nitrogens is 4. The van der Waals surface area contributed by atoms with Crippen molar-refractivity contribution < 1.29 is 8.42 Å². The van der Waals surface area contributed by atoms with Crippen molar-refractivity contribution in [2.75, 3.05) is 6.54 Å². The van der Waals surface area contributed by atoms with Crippen molar-refractivity contribution in [3.63, 3.8) is 0 Å². The lowest BCUT2D eigenvalue weighted by molar-refractivity contribution is 0.374. The molecule has 0 N–H and O–H groups in total. The molecule has 1 aliphatic rings. The van der Waals surface area contributed by atoms with Crippen LogP contribution in [0.4, 0.5) is 0 Å². The molecule has 1 aliphatic heterocycles. The molecule has 0 radical (unpaired) electrons. The minimum atomic E-state index is -3.67. The van der Waals surface area contributed by atoms with E-state index in [2.05, 4.69) is 15.2 Å². The predicted octanol–water partition coefficient (Wildman–Crippen LogP) is 3.21. The summed E-state index contributed by atoms with van der Waals surface area (Å²) in [5, 5.41) is 8.82. The first-order valence-electron chi connectivity index (χ1n) is 9.01. The van der Waals surface area contributed by atoms with Crippen LogP contribution in [0, 0.1) is 6.92 Å². The highest BCUT2D eigenvalue weighted by Crippen LogP contribution is 2.36. The van der Waals surface area contributed by atoms with Gasteiger partial charge < -0.3 is 4.57 Å². The largest absolute Gasteiger partial charge is 0.312 e. The average Bonchev–Trinajstić information content (AvgIpc) is 3.31. The summed E-state index contributed by atoms with van der Waals surface area (Å²) in [5.41, 5.74) is 1.69. The molecule has 1 atom stereocenters. The zero-order chi connectivity index (χ0) is 19.7. The molecule has 0 saturated carbocycles. The normalized spacial score (nSPS) is 17.9. The topological polar surface area (TPSA) is 81.0 Å². The molecule has 0 spiro atoms. The number of hydrogen-bond donors (Lipinski definition) is 0. The van der Waals surface area contributed by atoms with Crippen molar-refractivity contribution in [2.24, 2.45) is 0 Å². The van der Waals surface area contributed by atoms with Crippen LogP contribution in [0.2, 0.25) is 5.02 Å². The van der Waals surface area contributed by atoms with Gasteiger partial charge >= 0.3 is 0 Å². The zero-order valence-corrected chi connectivity index (χ0v) is 16.9. The monoisotopic (exact) mass is 417 g/mol. The van der Waals surface area contributed by atoms with Crippen LogP contribution in [0.25, 0.3) is 0 Å². The second-order valence-corrected chi connectivity index (χ2v) is 9.15. The molecule has 1 unspecified atom stereocenters. The van der Waals surface area contributed by atoms with Gasteiger partial charge in [0.2, 0.25) is 10.0 Å². The number of sulfonamides is 1. The van der Waals surface area contributed by atoms with Gasteiger partial charge in [-0.2, -0.15) is 4.31 Å². The summed E-state index contributed by atoms with van der Waals surface area (Å²) >= 11 is 6.00. The molecular weight excluding hydrogens is 398 g/mol. The van der Waals surface area contributed by atoms with E-state index < -0.39 is 10.0 Å². The average molecular weight is 418 g/mol. The highest BCUT2D eigenvalue weighted by Gasteiger charge is 2.39. The molecular formula is C19H20ClN5O2S. The van der Waals surface area contributed by atoms with Crippen LogP contribution >= 0.6 is 11.6 Å². The standard InChI is InChI=1S/C19H20ClN5O2S/c1-14-11-16(20)4-5-18(14)28(26,27)25-10-2-3-17(25)19-23-22-13-24(19)12-15-6-8-21-9-7-15/h4-9,11,13,17H,2-3,10,12H2,1H3. The Morgan fingerprint density at radius 1 is 1.21 bits per heavy atom. The molecule has 0 amide bonds. The molecule has 2 aromatic heterocycles. The number of pyridine rings is 1. The summed E-state index contributed by atoms with van der Waals surface area (Å²) in [6.07, 6.45) is 6.59. The fourth-order valence-corrected chi connectivity index (χ4v) is 5.73. The number of nitrogens with zero attached hydrogens (tertiary/aromatic N) is 5. The van der Waals surface area contributed by atoms with Gasteiger partial charge in [-0.25, -0.2) is 8.42 Å². The van der Waals surface area contributed by atoms with Gasteiger partial charge in [0.1, 0.15) is 6.33 Å². The van der Waals surface area contributed by atoms with Gasteiger partial charge in [-0.3, -0.25) is 4.98 Å². The van der Waals surface area contributed by atoms with Gasteiger partial charge in [-0.1, -0.05) is 11.6 Å². The Morgan fingerprint density at radius 2 is 2.00 bits per heavy atom. The highest BCUT2D eigenvalue weighted by molar-refractivity contribution is 7.89. The van der Waals surface area contributed by atoms with E-state index in [-0.39, 0.29) is 10.9 Å². The number of hydrogen-bond acceptors (Lipinski definition) is 5. The molecule has 0 bridgehead atoms. The summed E-state index contributed by atoms with van der Waals surface area (Å²) < 4.78 is 30.2. The van der Waals surface area contributed by atoms with Crippen LogP contribution < -0.4 is 0 Å². The second-order valence-electron chi connectivity index (χ2n) is 6.86. The maximum absolute atomic E-state index is 13.4. The molecule has 3 heterocycles. The van der Waals surface area contributed by atoms with Crippen molar-refractivity contribution in [3.8, 4) is 0 Å². The minimum Gasteiger partial charge on any atom is -0.312 e. The van der Waals surface area contributed by atoms with E-state index in [0.717, 1.165) is 12.0 Å². The van der Waals surface area contributed by atoms with Gasteiger partial charge in [0.25, 0.3) is 0 Å². The minimum absolute atomic E-state index is 0.281. The first kappa shape index (κ1) is 19.0. The molecule has 4 rings (SSSR count). The highest BCUT2D eigenvalue weighted by atomic mass is 35.5. The van der Waals surface area contributed by atoms with Crippen molar-refractivity contribution in [2.45, 2.75) is 37.2 Å². The van der Waals surface area contributed by atoms with E-state index in [0.29, 0.717) is 35.9 Å². The SMILES string of the molecule is Cc1cc(Cl)ccc1S(=O)(=O)N1CCCC1c1nncn1Cc1ccncc1. The van der Waals surface area contributed by atoms with Crippen LogP contribution in [-0.4, -0.2) is 39.0 Å². The van der Waals surface area contributed by atoms with Gasteiger partial charge in [-0.15, -0.1) is 10.2 Å². The fourth-order valence-electron chi connectivity index (χ4n) is 3.64. The lowest BCUT2D eigenvalue weighted by atomic mass is 10.2. The van der Waals surface area contributed by atoms with E-state index in [1.165, 1.54) is 4.31 Å².